The van der Waals surface area contributed by atoms with Crippen molar-refractivity contribution in [2.75, 3.05) is 13.1 Å². The van der Waals surface area contributed by atoms with E-state index in [-0.39, 0.29) is 24.8 Å². The van der Waals surface area contributed by atoms with E-state index in [1.165, 1.54) is 4.90 Å². The van der Waals surface area contributed by atoms with Crippen molar-refractivity contribution in [1.82, 2.24) is 34.6 Å². The lowest BCUT2D eigenvalue weighted by molar-refractivity contribution is -0.144. The number of fused-ring (bicyclic) bond motifs is 1. The third kappa shape index (κ3) is 4.86. The molecule has 192 valence electrons. The molecule has 3 aromatic heterocycles. The average Bonchev–Trinajstić information content (AvgIpc) is 3.21. The lowest BCUT2D eigenvalue weighted by Crippen LogP contribution is -2.50. The largest absolute Gasteiger partial charge is 0.391 e. The number of pyridine rings is 1. The molecule has 0 radical (unpaired) electrons. The Labute approximate surface area is 210 Å². The SMILES string of the molecule is Cc1cccc2nc(CCNC(=O)C3CC(O)CN3C(=O)[C@@H](n3cc(C4CC4)nn3)C(C)(C)C)cn12. The van der Waals surface area contributed by atoms with Gasteiger partial charge in [0, 0.05) is 49.9 Å². The fraction of sp³-hybridized carbons (Fsp3) is 0.577. The Hall–Kier alpha value is -3.27. The molecular formula is C26H35N7O3. The van der Waals surface area contributed by atoms with Crippen molar-refractivity contribution >= 4 is 17.5 Å². The maximum Gasteiger partial charge on any atom is 0.248 e. The lowest BCUT2D eigenvalue weighted by atomic mass is 9.85. The van der Waals surface area contributed by atoms with Gasteiger partial charge in [0.2, 0.25) is 11.8 Å². The zero-order valence-electron chi connectivity index (χ0n) is 21.4. The van der Waals surface area contributed by atoms with Crippen LogP contribution in [0.15, 0.2) is 30.6 Å². The Morgan fingerprint density at radius 3 is 2.69 bits per heavy atom. The molecule has 3 atom stereocenters. The fourth-order valence-corrected chi connectivity index (χ4v) is 5.08. The van der Waals surface area contributed by atoms with Gasteiger partial charge in [0.15, 0.2) is 0 Å². The lowest BCUT2D eigenvalue weighted by Gasteiger charge is -2.34. The molecule has 2 aliphatic rings. The van der Waals surface area contributed by atoms with E-state index < -0.39 is 23.6 Å². The Kier molecular flexibility index (Phi) is 6.32. The molecule has 5 rings (SSSR count). The van der Waals surface area contributed by atoms with Crippen LogP contribution >= 0.6 is 0 Å². The molecule has 1 saturated carbocycles. The number of hydrogen-bond acceptors (Lipinski definition) is 6. The molecule has 36 heavy (non-hydrogen) atoms. The summed E-state index contributed by atoms with van der Waals surface area (Å²) in [5.41, 5.74) is 3.30. The Morgan fingerprint density at radius 2 is 2.00 bits per heavy atom. The van der Waals surface area contributed by atoms with Gasteiger partial charge in [-0.25, -0.2) is 9.67 Å². The molecule has 1 saturated heterocycles. The van der Waals surface area contributed by atoms with Gasteiger partial charge in [0.1, 0.15) is 17.7 Å². The third-order valence-electron chi connectivity index (χ3n) is 7.13. The Morgan fingerprint density at radius 1 is 1.22 bits per heavy atom. The van der Waals surface area contributed by atoms with Gasteiger partial charge in [-0.3, -0.25) is 9.59 Å². The first kappa shape index (κ1) is 24.4. The van der Waals surface area contributed by atoms with Gasteiger partial charge < -0.3 is 19.7 Å². The van der Waals surface area contributed by atoms with Crippen molar-refractivity contribution in [3.8, 4) is 0 Å². The maximum absolute atomic E-state index is 13.8. The molecule has 2 N–H and O–H groups in total. The second kappa shape index (κ2) is 9.31. The van der Waals surface area contributed by atoms with E-state index in [0.29, 0.717) is 18.9 Å². The highest BCUT2D eigenvalue weighted by Crippen LogP contribution is 2.40. The predicted octanol–water partition coefficient (Wildman–Crippen LogP) is 2.02. The number of carbonyl (C=O) groups excluding carboxylic acids is 2. The van der Waals surface area contributed by atoms with E-state index in [2.05, 4.69) is 20.6 Å². The second-order valence-corrected chi connectivity index (χ2v) is 11.2. The first-order valence-corrected chi connectivity index (χ1v) is 12.7. The summed E-state index contributed by atoms with van der Waals surface area (Å²) in [4.78, 5) is 33.1. The number of amides is 2. The Bertz CT molecular complexity index is 1270. The van der Waals surface area contributed by atoms with Crippen LogP contribution in [0.3, 0.4) is 0 Å². The number of nitrogens with one attached hydrogen (secondary N) is 1. The number of aliphatic hydroxyl groups is 1. The summed E-state index contributed by atoms with van der Waals surface area (Å²) in [7, 11) is 0. The zero-order chi connectivity index (χ0) is 25.6. The summed E-state index contributed by atoms with van der Waals surface area (Å²) < 4.78 is 3.66. The quantitative estimate of drug-likeness (QED) is 0.520. The van der Waals surface area contributed by atoms with Crippen LogP contribution in [0.2, 0.25) is 0 Å². The number of imidazole rings is 1. The van der Waals surface area contributed by atoms with Crippen molar-refractivity contribution in [3.05, 3.63) is 47.7 Å². The van der Waals surface area contributed by atoms with Gasteiger partial charge in [-0.1, -0.05) is 32.1 Å². The molecular weight excluding hydrogens is 458 g/mol. The van der Waals surface area contributed by atoms with Gasteiger partial charge in [0.25, 0.3) is 0 Å². The van der Waals surface area contributed by atoms with E-state index in [0.717, 1.165) is 35.6 Å². The second-order valence-electron chi connectivity index (χ2n) is 11.2. The third-order valence-corrected chi connectivity index (χ3v) is 7.13. The highest BCUT2D eigenvalue weighted by Gasteiger charge is 2.45. The molecule has 2 amide bonds. The van der Waals surface area contributed by atoms with E-state index in [1.54, 1.807) is 4.68 Å². The number of β-amino-alcohol motifs (C(OH)–C–C–N with tert-alkyl or cyclic N) is 1. The van der Waals surface area contributed by atoms with Crippen molar-refractivity contribution in [3.63, 3.8) is 0 Å². The fourth-order valence-electron chi connectivity index (χ4n) is 5.08. The van der Waals surface area contributed by atoms with Crippen LogP contribution in [-0.2, 0) is 16.0 Å². The minimum Gasteiger partial charge on any atom is -0.391 e. The molecule has 4 heterocycles. The topological polar surface area (TPSA) is 118 Å². The van der Waals surface area contributed by atoms with Gasteiger partial charge in [-0.05, 0) is 37.3 Å². The summed E-state index contributed by atoms with van der Waals surface area (Å²) in [5.74, 6) is -0.0505. The minimum atomic E-state index is -0.746. The number of nitrogens with zero attached hydrogens (tertiary/aromatic N) is 6. The number of aromatic nitrogens is 5. The van der Waals surface area contributed by atoms with Crippen molar-refractivity contribution in [1.29, 1.82) is 0 Å². The van der Waals surface area contributed by atoms with E-state index in [4.69, 9.17) is 0 Å². The van der Waals surface area contributed by atoms with Gasteiger partial charge in [-0.15, -0.1) is 5.10 Å². The van der Waals surface area contributed by atoms with E-state index in [1.807, 2.05) is 62.7 Å². The molecule has 0 spiro atoms. The maximum atomic E-state index is 13.8. The van der Waals surface area contributed by atoms with E-state index >= 15 is 0 Å². The number of likely N-dealkylation sites (tertiary alicyclic amines) is 1. The minimum absolute atomic E-state index is 0.124. The summed E-state index contributed by atoms with van der Waals surface area (Å²) in [6.45, 7) is 8.48. The van der Waals surface area contributed by atoms with Crippen LogP contribution in [0.5, 0.6) is 0 Å². The number of aryl methyl sites for hydroxylation is 1. The molecule has 0 bridgehead atoms. The highest BCUT2D eigenvalue weighted by molar-refractivity contribution is 5.90. The van der Waals surface area contributed by atoms with Crippen LogP contribution in [0, 0.1) is 12.3 Å². The van der Waals surface area contributed by atoms with Crippen molar-refractivity contribution in [2.45, 2.75) is 77.5 Å². The summed E-state index contributed by atoms with van der Waals surface area (Å²) in [5, 5.41) is 21.9. The summed E-state index contributed by atoms with van der Waals surface area (Å²) in [6, 6.07) is 4.59. The van der Waals surface area contributed by atoms with E-state index in [9.17, 15) is 14.7 Å². The molecule has 1 aliphatic heterocycles. The highest BCUT2D eigenvalue weighted by atomic mass is 16.3. The van der Waals surface area contributed by atoms with Crippen LogP contribution < -0.4 is 5.32 Å². The number of hydrogen-bond donors (Lipinski definition) is 2. The number of aliphatic hydroxyl groups excluding tert-OH is 1. The molecule has 2 fully saturated rings. The number of rotatable bonds is 7. The van der Waals surface area contributed by atoms with Crippen LogP contribution in [-0.4, -0.2) is 71.4 Å². The van der Waals surface area contributed by atoms with Crippen LogP contribution in [0.1, 0.15) is 69.1 Å². The molecule has 1 aliphatic carbocycles. The summed E-state index contributed by atoms with van der Waals surface area (Å²) >= 11 is 0. The molecule has 2 unspecified atom stereocenters. The van der Waals surface area contributed by atoms with Gasteiger partial charge in [-0.2, -0.15) is 0 Å². The van der Waals surface area contributed by atoms with Gasteiger partial charge >= 0.3 is 0 Å². The smallest absolute Gasteiger partial charge is 0.248 e. The monoisotopic (exact) mass is 493 g/mol. The molecule has 0 aromatic carbocycles. The van der Waals surface area contributed by atoms with Crippen LogP contribution in [0.4, 0.5) is 0 Å². The summed E-state index contributed by atoms with van der Waals surface area (Å²) in [6.07, 6.45) is 6.09. The van der Waals surface area contributed by atoms with Crippen LogP contribution in [0.25, 0.3) is 5.65 Å². The number of carbonyl (C=O) groups is 2. The average molecular weight is 494 g/mol. The van der Waals surface area contributed by atoms with Crippen molar-refractivity contribution < 1.29 is 14.7 Å². The van der Waals surface area contributed by atoms with Gasteiger partial charge in [0.05, 0.1) is 17.5 Å². The molecule has 10 heteroatoms. The Balaban J connectivity index is 1.27. The predicted molar refractivity (Wildman–Crippen MR) is 133 cm³/mol. The molecule has 10 nitrogen and oxygen atoms in total. The van der Waals surface area contributed by atoms with Crippen molar-refractivity contribution in [2.24, 2.45) is 5.41 Å². The molecule has 3 aromatic rings. The zero-order valence-corrected chi connectivity index (χ0v) is 21.4. The first-order valence-electron chi connectivity index (χ1n) is 12.7. The normalized spacial score (nSPS) is 21.2. The standard InChI is InChI=1S/C26H35N7O3/c1-16-6-5-7-22-28-18(13-31(16)22)10-11-27-24(35)21-12-19(34)14-32(21)25(36)23(26(2,3)4)33-15-20(29-30-33)17-8-9-17/h5-7,13,15,17,19,21,23,34H,8-12,14H2,1-4H3,(H,27,35)/t19?,21?,23-/m1/s1. The first-order chi connectivity index (χ1) is 17.1.